The third-order valence-corrected chi connectivity index (χ3v) is 9.16. The summed E-state index contributed by atoms with van der Waals surface area (Å²) in [6, 6.07) is 25.4. The predicted octanol–water partition coefficient (Wildman–Crippen LogP) is 6.95. The summed E-state index contributed by atoms with van der Waals surface area (Å²) in [5.41, 5.74) is 3.75. The third-order valence-electron chi connectivity index (χ3n) is 7.23. The van der Waals surface area contributed by atoms with Crippen LogP contribution in [0, 0.1) is 0 Å². The molecule has 0 N–H and O–H groups in total. The Morgan fingerprint density at radius 1 is 0.923 bits per heavy atom. The average Bonchev–Trinajstić information content (AvgIpc) is 3.39. The fourth-order valence-electron chi connectivity index (χ4n) is 5.12. The fraction of sp³-hybridized carbons (Fsp3) is 0.290. The summed E-state index contributed by atoms with van der Waals surface area (Å²) < 4.78 is 28.2. The average molecular weight is 562 g/mol. The van der Waals surface area contributed by atoms with Gasteiger partial charge in [-0.15, -0.1) is 0 Å². The maximum absolute atomic E-state index is 13.7. The number of sulfone groups is 1. The molecule has 2 heterocycles. The Labute approximate surface area is 235 Å². The molecule has 8 heteroatoms. The molecule has 0 saturated carbocycles. The highest BCUT2D eigenvalue weighted by Crippen LogP contribution is 2.31. The zero-order valence-corrected chi connectivity index (χ0v) is 23.5. The minimum absolute atomic E-state index is 0.0468. The van der Waals surface area contributed by atoms with E-state index in [1.165, 1.54) is 0 Å². The Morgan fingerprint density at radius 3 is 2.33 bits per heavy atom. The van der Waals surface area contributed by atoms with Gasteiger partial charge in [0.25, 0.3) is 5.91 Å². The molecular formula is C31H32ClN3O3S. The molecule has 4 aromatic rings. The van der Waals surface area contributed by atoms with E-state index in [4.69, 9.17) is 16.7 Å². The van der Waals surface area contributed by atoms with Crippen molar-refractivity contribution in [2.24, 2.45) is 0 Å². The minimum Gasteiger partial charge on any atom is -0.331 e. The van der Waals surface area contributed by atoms with Gasteiger partial charge in [0.1, 0.15) is 5.69 Å². The summed E-state index contributed by atoms with van der Waals surface area (Å²) >= 11 is 6.08. The highest BCUT2D eigenvalue weighted by atomic mass is 35.5. The van der Waals surface area contributed by atoms with Gasteiger partial charge in [0.2, 0.25) is 0 Å². The van der Waals surface area contributed by atoms with Crippen LogP contribution in [0.1, 0.15) is 60.3 Å². The highest BCUT2D eigenvalue weighted by Gasteiger charge is 2.33. The van der Waals surface area contributed by atoms with E-state index in [0.717, 1.165) is 42.5 Å². The molecule has 1 aliphatic heterocycles. The van der Waals surface area contributed by atoms with Crippen molar-refractivity contribution in [3.63, 3.8) is 0 Å². The first kappa shape index (κ1) is 27.2. The molecule has 39 heavy (non-hydrogen) atoms. The molecular weight excluding hydrogens is 530 g/mol. The summed E-state index contributed by atoms with van der Waals surface area (Å²) in [5, 5.41) is 5.50. The second kappa shape index (κ2) is 11.8. The maximum Gasteiger partial charge on any atom is 0.272 e. The lowest BCUT2D eigenvalue weighted by molar-refractivity contribution is 0.0634. The number of amides is 1. The van der Waals surface area contributed by atoms with Gasteiger partial charge < -0.3 is 4.90 Å². The Bertz CT molecular complexity index is 1550. The van der Waals surface area contributed by atoms with Crippen molar-refractivity contribution < 1.29 is 13.2 Å². The van der Waals surface area contributed by atoms with Crippen molar-refractivity contribution in [2.75, 3.05) is 6.54 Å². The second-order valence-corrected chi connectivity index (χ2v) is 12.5. The van der Waals surface area contributed by atoms with Crippen LogP contribution in [0.15, 0.2) is 89.8 Å². The van der Waals surface area contributed by atoms with Gasteiger partial charge in [-0.05, 0) is 47.9 Å². The molecule has 0 fully saturated rings. The first-order valence-corrected chi connectivity index (χ1v) is 15.4. The van der Waals surface area contributed by atoms with Crippen molar-refractivity contribution in [1.82, 2.24) is 14.7 Å². The van der Waals surface area contributed by atoms with E-state index in [1.54, 1.807) is 30.3 Å². The smallest absolute Gasteiger partial charge is 0.272 e. The van der Waals surface area contributed by atoms with Gasteiger partial charge >= 0.3 is 0 Å². The molecule has 0 aliphatic carbocycles. The van der Waals surface area contributed by atoms with Crippen molar-refractivity contribution in [3.05, 3.63) is 107 Å². The molecule has 1 aliphatic rings. The van der Waals surface area contributed by atoms with Crippen molar-refractivity contribution in [2.45, 2.75) is 55.8 Å². The first-order chi connectivity index (χ1) is 18.9. The lowest BCUT2D eigenvalue weighted by Gasteiger charge is -2.34. The van der Waals surface area contributed by atoms with Gasteiger partial charge in [0, 0.05) is 23.7 Å². The topological polar surface area (TPSA) is 72.3 Å². The normalized spacial score (nSPS) is 15.4. The Balaban J connectivity index is 1.44. The van der Waals surface area contributed by atoms with Gasteiger partial charge in [-0.2, -0.15) is 5.10 Å². The largest absolute Gasteiger partial charge is 0.331 e. The molecule has 3 aromatic carbocycles. The summed E-state index contributed by atoms with van der Waals surface area (Å²) in [5.74, 6) is -0.219. The molecule has 0 bridgehead atoms. The number of unbranched alkanes of at least 4 members (excludes halogenated alkanes) is 2. The van der Waals surface area contributed by atoms with E-state index in [1.807, 2.05) is 64.2 Å². The Kier molecular flexibility index (Phi) is 8.19. The first-order valence-electron chi connectivity index (χ1n) is 13.3. The quantitative estimate of drug-likeness (QED) is 0.196. The van der Waals surface area contributed by atoms with Crippen LogP contribution in [0.25, 0.3) is 11.3 Å². The zero-order chi connectivity index (χ0) is 27.4. The number of aromatic nitrogens is 2. The number of hydrogen-bond donors (Lipinski definition) is 0. The number of fused-ring (bicyclic) bond motifs is 1. The van der Waals surface area contributed by atoms with Gasteiger partial charge in [0.05, 0.1) is 22.4 Å². The minimum atomic E-state index is -3.52. The maximum atomic E-state index is 13.7. The summed E-state index contributed by atoms with van der Waals surface area (Å²) in [4.78, 5) is 15.9. The number of nitrogens with zero attached hydrogens (tertiary/aromatic N) is 3. The van der Waals surface area contributed by atoms with Crippen LogP contribution in [0.5, 0.6) is 0 Å². The van der Waals surface area contributed by atoms with Gasteiger partial charge in [-0.25, -0.2) is 8.42 Å². The van der Waals surface area contributed by atoms with Crippen LogP contribution >= 0.6 is 11.6 Å². The molecule has 0 spiro atoms. The van der Waals surface area contributed by atoms with E-state index in [0.29, 0.717) is 34.3 Å². The Morgan fingerprint density at radius 2 is 1.62 bits per heavy atom. The molecule has 6 nitrogen and oxygen atoms in total. The predicted molar refractivity (Wildman–Crippen MR) is 154 cm³/mol. The van der Waals surface area contributed by atoms with Gasteiger partial charge in [-0.3, -0.25) is 9.48 Å². The zero-order valence-electron chi connectivity index (χ0n) is 22.0. The SMILES string of the molecule is CCCCCC1CN(Cc2ccccc2CS(=O)(=O)c2ccccc2)C(=O)c2cc(-c3ccc(Cl)cc3)nn21. The van der Waals surface area contributed by atoms with E-state index in [9.17, 15) is 13.2 Å². The van der Waals surface area contributed by atoms with Gasteiger partial charge in [-0.1, -0.05) is 92.4 Å². The lowest BCUT2D eigenvalue weighted by atomic mass is 10.0. The van der Waals surface area contributed by atoms with Crippen LogP contribution < -0.4 is 0 Å². The molecule has 202 valence electrons. The van der Waals surface area contributed by atoms with Crippen molar-refractivity contribution in [3.8, 4) is 11.3 Å². The number of hydrogen-bond acceptors (Lipinski definition) is 4. The van der Waals surface area contributed by atoms with Crippen LogP contribution in [-0.2, 0) is 22.1 Å². The van der Waals surface area contributed by atoms with Crippen LogP contribution in [0.2, 0.25) is 5.02 Å². The number of carbonyl (C=O) groups excluding carboxylic acids is 1. The number of benzene rings is 3. The summed E-state index contributed by atoms with van der Waals surface area (Å²) in [6.07, 6.45) is 4.19. The molecule has 1 aromatic heterocycles. The molecule has 0 saturated heterocycles. The standard InChI is InChI=1S/C31H32ClN3O3S/c1-2-3-5-12-27-21-34(31(36)30-19-29(33-35(27)30)23-15-17-26(32)18-16-23)20-24-10-8-9-11-25(24)22-39(37,38)28-13-6-4-7-14-28/h4,6-11,13-19,27H,2-3,5,12,20-22H2,1H3. The van der Waals surface area contributed by atoms with E-state index in [2.05, 4.69) is 6.92 Å². The summed E-state index contributed by atoms with van der Waals surface area (Å²) in [6.45, 7) is 3.04. The number of halogens is 1. The van der Waals surface area contributed by atoms with E-state index in [-0.39, 0.29) is 17.7 Å². The van der Waals surface area contributed by atoms with Crippen molar-refractivity contribution >= 4 is 27.3 Å². The molecule has 1 atom stereocenters. The van der Waals surface area contributed by atoms with Crippen LogP contribution in [0.3, 0.4) is 0 Å². The Hall–Kier alpha value is -3.42. The molecule has 1 unspecified atom stereocenters. The lowest BCUT2D eigenvalue weighted by Crippen LogP contribution is -2.43. The highest BCUT2D eigenvalue weighted by molar-refractivity contribution is 7.90. The van der Waals surface area contributed by atoms with Gasteiger partial charge in [0.15, 0.2) is 9.84 Å². The third kappa shape index (κ3) is 6.10. The van der Waals surface area contributed by atoms with Crippen molar-refractivity contribution in [1.29, 1.82) is 0 Å². The van der Waals surface area contributed by atoms with Crippen LogP contribution in [0.4, 0.5) is 0 Å². The van der Waals surface area contributed by atoms with E-state index >= 15 is 0 Å². The summed E-state index contributed by atoms with van der Waals surface area (Å²) in [7, 11) is -3.52. The molecule has 1 amide bonds. The number of carbonyl (C=O) groups is 1. The van der Waals surface area contributed by atoms with Crippen LogP contribution in [-0.4, -0.2) is 35.6 Å². The fourth-order valence-corrected chi connectivity index (χ4v) is 6.68. The number of rotatable bonds is 10. The molecule has 5 rings (SSSR count). The van der Waals surface area contributed by atoms with E-state index < -0.39 is 9.84 Å². The second-order valence-electron chi connectivity index (χ2n) is 10.0. The molecule has 0 radical (unpaired) electrons. The monoisotopic (exact) mass is 561 g/mol.